The van der Waals surface area contributed by atoms with E-state index in [0.717, 1.165) is 13.1 Å². The Kier molecular flexibility index (Phi) is 19.7. The number of unbranched alkanes of at least 4 members (excludes halogenated alkanes) is 7. The third-order valence-corrected chi connectivity index (χ3v) is 2.48. The van der Waals surface area contributed by atoms with Crippen molar-refractivity contribution in [3.8, 4) is 0 Å². The highest BCUT2D eigenvalue weighted by Crippen LogP contribution is 2.07. The van der Waals surface area contributed by atoms with Gasteiger partial charge < -0.3 is 11.1 Å². The molecule has 0 saturated carbocycles. The van der Waals surface area contributed by atoms with Gasteiger partial charge in [-0.25, -0.2) is 0 Å². The van der Waals surface area contributed by atoms with E-state index in [0.29, 0.717) is 0 Å². The van der Waals surface area contributed by atoms with E-state index in [2.05, 4.69) is 12.2 Å². The molecular formula is C14H32N2O. The molecule has 0 aromatic heterocycles. The Bertz CT molecular complexity index is 141. The van der Waals surface area contributed by atoms with E-state index in [-0.39, 0.29) is 5.91 Å². The predicted molar refractivity (Wildman–Crippen MR) is 76.0 cm³/mol. The molecule has 0 fully saturated rings. The fourth-order valence-corrected chi connectivity index (χ4v) is 1.53. The van der Waals surface area contributed by atoms with Crippen molar-refractivity contribution in [3.63, 3.8) is 0 Å². The fraction of sp³-hybridized carbons (Fsp3) is 0.929. The van der Waals surface area contributed by atoms with Gasteiger partial charge in [-0.15, -0.1) is 0 Å². The average Bonchev–Trinajstić information content (AvgIpc) is 2.29. The van der Waals surface area contributed by atoms with Crippen LogP contribution in [-0.4, -0.2) is 19.0 Å². The fourth-order valence-electron chi connectivity index (χ4n) is 1.53. The lowest BCUT2D eigenvalue weighted by Gasteiger charge is -1.99. The number of amides is 1. The van der Waals surface area contributed by atoms with Gasteiger partial charge >= 0.3 is 0 Å². The van der Waals surface area contributed by atoms with Crippen molar-refractivity contribution >= 4 is 5.91 Å². The topological polar surface area (TPSA) is 55.1 Å². The Hall–Kier alpha value is -0.570. The van der Waals surface area contributed by atoms with Crippen LogP contribution in [0, 0.1) is 0 Å². The van der Waals surface area contributed by atoms with Crippen molar-refractivity contribution in [1.29, 1.82) is 0 Å². The summed E-state index contributed by atoms with van der Waals surface area (Å²) in [6.45, 7) is 7.25. The lowest BCUT2D eigenvalue weighted by Crippen LogP contribution is -2.18. The first-order valence-electron chi connectivity index (χ1n) is 7.13. The molecule has 1 amide bonds. The molecule has 0 spiro atoms. The van der Waals surface area contributed by atoms with E-state index >= 15 is 0 Å². The second kappa shape index (κ2) is 17.8. The minimum Gasteiger partial charge on any atom is -0.357 e. The molecule has 3 heteroatoms. The van der Waals surface area contributed by atoms with Gasteiger partial charge in [-0.1, -0.05) is 51.9 Å². The maximum atomic E-state index is 9.93. The van der Waals surface area contributed by atoms with E-state index in [4.69, 9.17) is 5.73 Å². The first-order valence-corrected chi connectivity index (χ1v) is 7.13. The summed E-state index contributed by atoms with van der Waals surface area (Å²) < 4.78 is 0. The Balaban J connectivity index is 0. The van der Waals surface area contributed by atoms with E-state index < -0.39 is 0 Å². The molecule has 0 unspecified atom stereocenters. The van der Waals surface area contributed by atoms with Crippen molar-refractivity contribution in [1.82, 2.24) is 5.32 Å². The molecule has 0 aromatic carbocycles. The largest absolute Gasteiger partial charge is 0.357 e. The molecule has 0 aliphatic rings. The zero-order chi connectivity index (χ0) is 13.4. The summed E-state index contributed by atoms with van der Waals surface area (Å²) >= 11 is 0. The van der Waals surface area contributed by atoms with E-state index in [1.165, 1.54) is 58.3 Å². The van der Waals surface area contributed by atoms with E-state index in [9.17, 15) is 4.79 Å². The van der Waals surface area contributed by atoms with Crippen LogP contribution in [0.3, 0.4) is 0 Å². The van der Waals surface area contributed by atoms with Gasteiger partial charge in [0.2, 0.25) is 5.91 Å². The second-order valence-electron chi connectivity index (χ2n) is 4.35. The van der Waals surface area contributed by atoms with Gasteiger partial charge in [0.25, 0.3) is 0 Å². The van der Waals surface area contributed by atoms with Gasteiger partial charge in [0, 0.05) is 13.5 Å². The van der Waals surface area contributed by atoms with Gasteiger partial charge in [-0.3, -0.25) is 4.79 Å². The number of nitrogens with two attached hydrogens (primary N) is 1. The lowest BCUT2D eigenvalue weighted by atomic mass is 10.1. The number of nitrogens with one attached hydrogen (secondary N) is 1. The number of hydrogen-bond acceptors (Lipinski definition) is 2. The highest BCUT2D eigenvalue weighted by atomic mass is 16.1. The summed E-state index contributed by atoms with van der Waals surface area (Å²) in [4.78, 5) is 9.93. The van der Waals surface area contributed by atoms with Crippen LogP contribution in [0.2, 0.25) is 0 Å². The van der Waals surface area contributed by atoms with Crippen molar-refractivity contribution in [2.75, 3.05) is 13.1 Å². The quantitative estimate of drug-likeness (QED) is 0.612. The predicted octanol–water partition coefficient (Wildman–Crippen LogP) is 3.23. The van der Waals surface area contributed by atoms with Crippen LogP contribution >= 0.6 is 0 Å². The first kappa shape index (κ1) is 18.8. The van der Waals surface area contributed by atoms with Crippen LogP contribution in [0.15, 0.2) is 0 Å². The number of hydrogen-bond donors (Lipinski definition) is 2. The third kappa shape index (κ3) is 25.6. The normalized spacial score (nSPS) is 9.41. The van der Waals surface area contributed by atoms with E-state index in [1.807, 2.05) is 6.92 Å². The standard InChI is InChI=1S/C10H23N.C4H9NO/c1-2-3-4-5-6-7-8-9-10-11;1-3-5-4(2)6/h2-11H2,1H3;3H2,1-2H3,(H,5,6). The molecule has 3 N–H and O–H groups in total. The minimum atomic E-state index is 0.0394. The van der Waals surface area contributed by atoms with Crippen molar-refractivity contribution < 1.29 is 4.79 Å². The van der Waals surface area contributed by atoms with Gasteiger partial charge in [0.1, 0.15) is 0 Å². The molecule has 0 saturated heterocycles. The molecule has 0 heterocycles. The lowest BCUT2D eigenvalue weighted by molar-refractivity contribution is -0.118. The molecule has 0 bridgehead atoms. The summed E-state index contributed by atoms with van der Waals surface area (Å²) in [5, 5.41) is 2.57. The molecule has 0 aliphatic heterocycles. The van der Waals surface area contributed by atoms with Crippen LogP contribution in [-0.2, 0) is 4.79 Å². The van der Waals surface area contributed by atoms with Crippen molar-refractivity contribution in [2.45, 2.75) is 72.1 Å². The molecule has 0 aromatic rings. The molecule has 0 radical (unpaired) electrons. The van der Waals surface area contributed by atoms with Crippen LogP contribution in [0.5, 0.6) is 0 Å². The highest BCUT2D eigenvalue weighted by Gasteiger charge is 1.89. The number of carbonyl (C=O) groups is 1. The third-order valence-electron chi connectivity index (χ3n) is 2.48. The Morgan fingerprint density at radius 2 is 1.41 bits per heavy atom. The molecular weight excluding hydrogens is 212 g/mol. The van der Waals surface area contributed by atoms with Gasteiger partial charge in [0.15, 0.2) is 0 Å². The molecule has 104 valence electrons. The second-order valence-corrected chi connectivity index (χ2v) is 4.35. The monoisotopic (exact) mass is 244 g/mol. The molecule has 0 aliphatic carbocycles. The zero-order valence-electron chi connectivity index (χ0n) is 12.1. The van der Waals surface area contributed by atoms with Crippen LogP contribution in [0.25, 0.3) is 0 Å². The summed E-state index contributed by atoms with van der Waals surface area (Å²) in [5.41, 5.74) is 5.39. The SMILES string of the molecule is CCCCCCCCCCN.CCNC(C)=O. The van der Waals surface area contributed by atoms with Crippen LogP contribution in [0.1, 0.15) is 72.1 Å². The van der Waals surface area contributed by atoms with Gasteiger partial charge in [-0.05, 0) is 19.9 Å². The maximum Gasteiger partial charge on any atom is 0.216 e. The highest BCUT2D eigenvalue weighted by molar-refractivity contribution is 5.72. The first-order chi connectivity index (χ1) is 8.18. The van der Waals surface area contributed by atoms with Gasteiger partial charge in [-0.2, -0.15) is 0 Å². The van der Waals surface area contributed by atoms with Crippen LogP contribution in [0.4, 0.5) is 0 Å². The summed E-state index contributed by atoms with van der Waals surface area (Å²) in [5.74, 6) is 0.0394. The van der Waals surface area contributed by atoms with E-state index in [1.54, 1.807) is 0 Å². The number of rotatable bonds is 9. The molecule has 3 nitrogen and oxygen atoms in total. The summed E-state index contributed by atoms with van der Waals surface area (Å²) in [7, 11) is 0. The zero-order valence-corrected chi connectivity index (χ0v) is 12.1. The van der Waals surface area contributed by atoms with Crippen LogP contribution < -0.4 is 11.1 Å². The molecule has 0 atom stereocenters. The smallest absolute Gasteiger partial charge is 0.216 e. The van der Waals surface area contributed by atoms with Gasteiger partial charge in [0.05, 0.1) is 0 Å². The molecule has 17 heavy (non-hydrogen) atoms. The Morgan fingerprint density at radius 1 is 0.941 bits per heavy atom. The minimum absolute atomic E-state index is 0.0394. The number of carbonyl (C=O) groups excluding carboxylic acids is 1. The Labute approximate surface area is 108 Å². The summed E-state index contributed by atoms with van der Waals surface area (Å²) in [6, 6.07) is 0. The maximum absolute atomic E-state index is 9.93. The van der Waals surface area contributed by atoms with Crippen molar-refractivity contribution in [3.05, 3.63) is 0 Å². The van der Waals surface area contributed by atoms with Crippen molar-refractivity contribution in [2.24, 2.45) is 5.73 Å². The summed E-state index contributed by atoms with van der Waals surface area (Å²) in [6.07, 6.45) is 11.0. The average molecular weight is 244 g/mol. The Morgan fingerprint density at radius 3 is 1.71 bits per heavy atom. The molecule has 0 rings (SSSR count).